The third kappa shape index (κ3) is 2.58. The Kier molecular flexibility index (Phi) is 3.17. The molecule has 1 N–H and O–H groups in total. The van der Waals surface area contributed by atoms with E-state index in [2.05, 4.69) is 4.98 Å². The third-order valence-corrected chi connectivity index (χ3v) is 1.69. The molecule has 0 radical (unpaired) electrons. The Bertz CT molecular complexity index is 250. The number of aliphatic hydroxyl groups is 1. The molecular formula is C9H12FNO. The molecule has 0 aliphatic carbocycles. The fourth-order valence-electron chi connectivity index (χ4n) is 0.971. The van der Waals surface area contributed by atoms with E-state index in [1.807, 2.05) is 0 Å². The molecule has 0 saturated carbocycles. The third-order valence-electron chi connectivity index (χ3n) is 1.69. The van der Waals surface area contributed by atoms with Crippen molar-refractivity contribution in [3.8, 4) is 0 Å². The molecule has 1 atom stereocenters. The summed E-state index contributed by atoms with van der Waals surface area (Å²) in [6.07, 6.45) is 3.52. The molecule has 1 aromatic heterocycles. The van der Waals surface area contributed by atoms with Crippen LogP contribution in [0.15, 0.2) is 18.5 Å². The Labute approximate surface area is 71.1 Å². The average molecular weight is 169 g/mol. The van der Waals surface area contributed by atoms with Crippen LogP contribution in [0.2, 0.25) is 0 Å². The summed E-state index contributed by atoms with van der Waals surface area (Å²) >= 11 is 0. The molecule has 1 aromatic rings. The minimum Gasteiger partial charge on any atom is -0.393 e. The zero-order chi connectivity index (χ0) is 8.97. The fraction of sp³-hybridized carbons (Fsp3) is 0.444. The largest absolute Gasteiger partial charge is 0.393 e. The fourth-order valence-corrected chi connectivity index (χ4v) is 0.971. The number of hydrogen-bond acceptors (Lipinski definition) is 2. The van der Waals surface area contributed by atoms with Crippen molar-refractivity contribution >= 4 is 0 Å². The van der Waals surface area contributed by atoms with Crippen molar-refractivity contribution in [2.75, 3.05) is 0 Å². The highest BCUT2D eigenvalue weighted by atomic mass is 19.1. The molecule has 0 aliphatic heterocycles. The Morgan fingerprint density at radius 3 is 3.00 bits per heavy atom. The number of pyridine rings is 1. The van der Waals surface area contributed by atoms with Gasteiger partial charge in [-0.25, -0.2) is 4.39 Å². The molecule has 0 amide bonds. The molecule has 0 aromatic carbocycles. The van der Waals surface area contributed by atoms with E-state index in [4.69, 9.17) is 5.11 Å². The zero-order valence-corrected chi connectivity index (χ0v) is 7.00. The minimum atomic E-state index is -0.377. The van der Waals surface area contributed by atoms with Crippen LogP contribution in [-0.2, 0) is 6.42 Å². The van der Waals surface area contributed by atoms with Gasteiger partial charge in [0.25, 0.3) is 0 Å². The van der Waals surface area contributed by atoms with E-state index in [9.17, 15) is 4.39 Å². The highest BCUT2D eigenvalue weighted by Gasteiger charge is 2.02. The molecule has 66 valence electrons. The van der Waals surface area contributed by atoms with E-state index < -0.39 is 0 Å². The first-order valence-corrected chi connectivity index (χ1v) is 3.96. The van der Waals surface area contributed by atoms with Crippen LogP contribution >= 0.6 is 0 Å². The van der Waals surface area contributed by atoms with Crippen LogP contribution < -0.4 is 0 Å². The maximum Gasteiger partial charge on any atom is 0.144 e. The molecule has 0 aliphatic rings. The van der Waals surface area contributed by atoms with Crippen molar-refractivity contribution < 1.29 is 9.50 Å². The van der Waals surface area contributed by atoms with Crippen LogP contribution in [-0.4, -0.2) is 16.2 Å². The predicted octanol–water partition coefficient (Wildman–Crippen LogP) is 1.53. The van der Waals surface area contributed by atoms with Gasteiger partial charge < -0.3 is 5.11 Å². The maximum absolute atomic E-state index is 12.9. The maximum atomic E-state index is 12.9. The lowest BCUT2D eigenvalue weighted by atomic mass is 10.1. The van der Waals surface area contributed by atoms with Gasteiger partial charge in [-0.3, -0.25) is 4.98 Å². The van der Waals surface area contributed by atoms with E-state index in [0.29, 0.717) is 18.4 Å². The molecule has 1 rings (SSSR count). The van der Waals surface area contributed by atoms with Gasteiger partial charge in [-0.05, 0) is 31.4 Å². The van der Waals surface area contributed by atoms with Crippen molar-refractivity contribution in [1.82, 2.24) is 4.98 Å². The Morgan fingerprint density at radius 2 is 2.42 bits per heavy atom. The van der Waals surface area contributed by atoms with Crippen molar-refractivity contribution in [3.63, 3.8) is 0 Å². The lowest BCUT2D eigenvalue weighted by Gasteiger charge is -2.03. The van der Waals surface area contributed by atoms with E-state index in [1.54, 1.807) is 19.2 Å². The molecule has 2 nitrogen and oxygen atoms in total. The second kappa shape index (κ2) is 4.16. The summed E-state index contributed by atoms with van der Waals surface area (Å²) in [7, 11) is 0. The van der Waals surface area contributed by atoms with Crippen LogP contribution in [0.3, 0.4) is 0 Å². The summed E-state index contributed by atoms with van der Waals surface area (Å²) < 4.78 is 12.9. The number of aryl methyl sites for hydroxylation is 1. The molecule has 0 unspecified atom stereocenters. The minimum absolute atomic E-state index is 0.293. The molecule has 0 saturated heterocycles. The highest BCUT2D eigenvalue weighted by molar-refractivity contribution is 5.12. The molecule has 1 heterocycles. The van der Waals surface area contributed by atoms with Gasteiger partial charge in [-0.15, -0.1) is 0 Å². The van der Waals surface area contributed by atoms with Crippen LogP contribution in [0.25, 0.3) is 0 Å². The summed E-state index contributed by atoms with van der Waals surface area (Å²) in [4.78, 5) is 3.63. The van der Waals surface area contributed by atoms with Gasteiger partial charge in [0.2, 0.25) is 0 Å². The van der Waals surface area contributed by atoms with Crippen molar-refractivity contribution in [3.05, 3.63) is 29.8 Å². The Morgan fingerprint density at radius 1 is 1.67 bits per heavy atom. The standard InChI is InChI=1S/C9H12FNO/c1-7(12)2-3-8-4-5-11-6-9(8)10/h4-7,12H,2-3H2,1H3/t7-/m1/s1. The number of aromatic nitrogens is 1. The summed E-state index contributed by atoms with van der Waals surface area (Å²) in [5.74, 6) is -0.293. The molecule has 12 heavy (non-hydrogen) atoms. The molecular weight excluding hydrogens is 157 g/mol. The zero-order valence-electron chi connectivity index (χ0n) is 7.00. The quantitative estimate of drug-likeness (QED) is 0.744. The predicted molar refractivity (Wildman–Crippen MR) is 44.2 cm³/mol. The van der Waals surface area contributed by atoms with Gasteiger partial charge >= 0.3 is 0 Å². The van der Waals surface area contributed by atoms with Crippen LogP contribution in [0.4, 0.5) is 4.39 Å². The van der Waals surface area contributed by atoms with Gasteiger partial charge in [-0.2, -0.15) is 0 Å². The second-order valence-corrected chi connectivity index (χ2v) is 2.85. The molecule has 3 heteroatoms. The first-order chi connectivity index (χ1) is 5.70. The van der Waals surface area contributed by atoms with Crippen LogP contribution in [0.1, 0.15) is 18.9 Å². The van der Waals surface area contributed by atoms with Crippen LogP contribution in [0.5, 0.6) is 0 Å². The number of aliphatic hydroxyl groups excluding tert-OH is 1. The topological polar surface area (TPSA) is 33.1 Å². The van der Waals surface area contributed by atoms with Gasteiger partial charge in [0.1, 0.15) is 5.82 Å². The Hall–Kier alpha value is -0.960. The highest BCUT2D eigenvalue weighted by Crippen LogP contribution is 2.08. The molecule has 0 bridgehead atoms. The Balaban J connectivity index is 2.57. The number of hydrogen-bond donors (Lipinski definition) is 1. The summed E-state index contributed by atoms with van der Waals surface area (Å²) in [6, 6.07) is 1.64. The van der Waals surface area contributed by atoms with Crippen LogP contribution in [0, 0.1) is 5.82 Å². The SMILES string of the molecule is C[C@@H](O)CCc1ccncc1F. The lowest BCUT2D eigenvalue weighted by molar-refractivity contribution is 0.184. The number of rotatable bonds is 3. The summed E-state index contributed by atoms with van der Waals surface area (Å²) in [6.45, 7) is 1.69. The number of nitrogens with zero attached hydrogens (tertiary/aromatic N) is 1. The molecule has 0 fully saturated rings. The van der Waals surface area contributed by atoms with E-state index >= 15 is 0 Å². The van der Waals surface area contributed by atoms with Gasteiger partial charge in [0.05, 0.1) is 12.3 Å². The average Bonchev–Trinajstić information content (AvgIpc) is 2.03. The van der Waals surface area contributed by atoms with E-state index in [-0.39, 0.29) is 11.9 Å². The summed E-state index contributed by atoms with van der Waals surface area (Å²) in [5.41, 5.74) is 0.617. The monoisotopic (exact) mass is 169 g/mol. The first-order valence-electron chi connectivity index (χ1n) is 3.96. The normalized spacial score (nSPS) is 12.9. The van der Waals surface area contributed by atoms with Gasteiger partial charge in [0.15, 0.2) is 0 Å². The van der Waals surface area contributed by atoms with Crippen molar-refractivity contribution in [2.45, 2.75) is 25.9 Å². The second-order valence-electron chi connectivity index (χ2n) is 2.85. The van der Waals surface area contributed by atoms with Gasteiger partial charge in [0, 0.05) is 6.20 Å². The smallest absolute Gasteiger partial charge is 0.144 e. The van der Waals surface area contributed by atoms with E-state index in [1.165, 1.54) is 6.20 Å². The molecule has 0 spiro atoms. The summed E-state index contributed by atoms with van der Waals surface area (Å²) in [5, 5.41) is 8.97. The number of halogens is 1. The lowest BCUT2D eigenvalue weighted by Crippen LogP contribution is -2.02. The van der Waals surface area contributed by atoms with E-state index in [0.717, 1.165) is 0 Å². The first kappa shape index (κ1) is 9.13. The van der Waals surface area contributed by atoms with Gasteiger partial charge in [-0.1, -0.05) is 0 Å². The van der Waals surface area contributed by atoms with Crippen molar-refractivity contribution in [2.24, 2.45) is 0 Å². The van der Waals surface area contributed by atoms with Crippen molar-refractivity contribution in [1.29, 1.82) is 0 Å².